The number of benzene rings is 1. The predicted molar refractivity (Wildman–Crippen MR) is 70.6 cm³/mol. The number of fused-ring (bicyclic) bond motifs is 1. The Balaban J connectivity index is 2.43. The van der Waals surface area contributed by atoms with Crippen LogP contribution in [0.3, 0.4) is 0 Å². The molecule has 0 heterocycles. The van der Waals surface area contributed by atoms with Gasteiger partial charge in [0.1, 0.15) is 0 Å². The third kappa shape index (κ3) is 2.33. The lowest BCUT2D eigenvalue weighted by atomic mass is 9.95. The van der Waals surface area contributed by atoms with Gasteiger partial charge >= 0.3 is 0 Å². The maximum Gasteiger partial charge on any atom is -0.00262 e. The molecule has 0 nitrogen and oxygen atoms in total. The molecular formula is C16H18. The second kappa shape index (κ2) is 4.52. The fraction of sp³-hybridized carbons (Fsp3) is 0.250. The molecule has 1 aromatic rings. The molecule has 0 aliphatic heterocycles. The third-order valence-corrected chi connectivity index (χ3v) is 3.14. The van der Waals surface area contributed by atoms with E-state index in [0.29, 0.717) is 0 Å². The molecule has 0 spiro atoms. The van der Waals surface area contributed by atoms with E-state index in [1.54, 1.807) is 0 Å². The molecule has 1 aliphatic carbocycles. The fourth-order valence-electron chi connectivity index (χ4n) is 2.01. The van der Waals surface area contributed by atoms with E-state index in [4.69, 9.17) is 0 Å². The molecule has 1 aromatic carbocycles. The summed E-state index contributed by atoms with van der Waals surface area (Å²) >= 11 is 0. The lowest BCUT2D eigenvalue weighted by molar-refractivity contribution is 1.10. The topological polar surface area (TPSA) is 0 Å². The highest BCUT2D eigenvalue weighted by atomic mass is 14.1. The summed E-state index contributed by atoms with van der Waals surface area (Å²) in [4.78, 5) is 0. The van der Waals surface area contributed by atoms with Crippen LogP contribution in [0.4, 0.5) is 0 Å². The SMILES string of the molecule is C=C1Cc2ccc(C)cc2C/C=C\C=C/1C. The normalized spacial score (nSPS) is 21.1. The molecule has 0 amide bonds. The van der Waals surface area contributed by atoms with Crippen molar-refractivity contribution in [3.8, 4) is 0 Å². The predicted octanol–water partition coefficient (Wildman–Crippen LogP) is 4.15. The Hall–Kier alpha value is -1.56. The van der Waals surface area contributed by atoms with Crippen LogP contribution in [0.25, 0.3) is 0 Å². The van der Waals surface area contributed by atoms with Crippen molar-refractivity contribution in [2.75, 3.05) is 0 Å². The second-order valence-corrected chi connectivity index (χ2v) is 4.53. The summed E-state index contributed by atoms with van der Waals surface area (Å²) in [6.45, 7) is 8.44. The van der Waals surface area contributed by atoms with E-state index < -0.39 is 0 Å². The summed E-state index contributed by atoms with van der Waals surface area (Å²) in [5.41, 5.74) is 6.68. The minimum Gasteiger partial charge on any atom is -0.0952 e. The molecule has 0 N–H and O–H groups in total. The molecule has 0 saturated carbocycles. The molecule has 0 unspecified atom stereocenters. The first-order chi connectivity index (χ1) is 7.66. The quantitative estimate of drug-likeness (QED) is 0.603. The smallest absolute Gasteiger partial charge is 0.00262 e. The van der Waals surface area contributed by atoms with Gasteiger partial charge in [0.2, 0.25) is 0 Å². The first-order valence-electron chi connectivity index (χ1n) is 5.77. The molecule has 0 aromatic heterocycles. The van der Waals surface area contributed by atoms with Gasteiger partial charge in [0, 0.05) is 0 Å². The average molecular weight is 210 g/mol. The van der Waals surface area contributed by atoms with Gasteiger partial charge in [-0.05, 0) is 49.0 Å². The highest BCUT2D eigenvalue weighted by Gasteiger charge is 2.06. The minimum atomic E-state index is 0.972. The van der Waals surface area contributed by atoms with Crippen molar-refractivity contribution in [2.45, 2.75) is 26.7 Å². The molecule has 0 saturated heterocycles. The summed E-state index contributed by atoms with van der Waals surface area (Å²) in [5.74, 6) is 0. The van der Waals surface area contributed by atoms with E-state index >= 15 is 0 Å². The van der Waals surface area contributed by atoms with Crippen LogP contribution in [-0.4, -0.2) is 0 Å². The number of rotatable bonds is 0. The number of allylic oxidation sites excluding steroid dienone is 5. The van der Waals surface area contributed by atoms with Crippen LogP contribution in [0.5, 0.6) is 0 Å². The van der Waals surface area contributed by atoms with Gasteiger partial charge in [0.15, 0.2) is 0 Å². The van der Waals surface area contributed by atoms with Crippen LogP contribution >= 0.6 is 0 Å². The fourth-order valence-corrected chi connectivity index (χ4v) is 2.01. The second-order valence-electron chi connectivity index (χ2n) is 4.53. The monoisotopic (exact) mass is 210 g/mol. The zero-order valence-corrected chi connectivity index (χ0v) is 10.1. The Bertz CT molecular complexity index is 473. The summed E-state index contributed by atoms with van der Waals surface area (Å²) < 4.78 is 0. The highest BCUT2D eigenvalue weighted by Crippen LogP contribution is 2.21. The maximum absolute atomic E-state index is 4.16. The Labute approximate surface area is 98.0 Å². The van der Waals surface area contributed by atoms with E-state index in [9.17, 15) is 0 Å². The Morgan fingerprint density at radius 3 is 2.75 bits per heavy atom. The van der Waals surface area contributed by atoms with Crippen molar-refractivity contribution in [1.82, 2.24) is 0 Å². The zero-order chi connectivity index (χ0) is 11.5. The molecule has 0 bridgehead atoms. The van der Waals surface area contributed by atoms with Gasteiger partial charge in [-0.3, -0.25) is 0 Å². The lowest BCUT2D eigenvalue weighted by Crippen LogP contribution is -1.96. The van der Waals surface area contributed by atoms with Gasteiger partial charge in [-0.25, -0.2) is 0 Å². The van der Waals surface area contributed by atoms with Crippen molar-refractivity contribution in [2.24, 2.45) is 0 Å². The van der Waals surface area contributed by atoms with Gasteiger partial charge in [0.25, 0.3) is 0 Å². The molecule has 1 aliphatic rings. The van der Waals surface area contributed by atoms with E-state index in [0.717, 1.165) is 12.8 Å². The van der Waals surface area contributed by atoms with Crippen LogP contribution in [0.2, 0.25) is 0 Å². The maximum atomic E-state index is 4.16. The highest BCUT2D eigenvalue weighted by molar-refractivity contribution is 5.41. The molecule has 82 valence electrons. The average Bonchev–Trinajstić information content (AvgIpc) is 2.32. The van der Waals surface area contributed by atoms with E-state index in [2.05, 4.69) is 56.9 Å². The Kier molecular flexibility index (Phi) is 3.09. The molecule has 0 radical (unpaired) electrons. The molecule has 16 heavy (non-hydrogen) atoms. The van der Waals surface area contributed by atoms with Gasteiger partial charge in [-0.1, -0.05) is 48.6 Å². The van der Waals surface area contributed by atoms with Crippen LogP contribution < -0.4 is 0 Å². The van der Waals surface area contributed by atoms with Crippen molar-refractivity contribution >= 4 is 0 Å². The van der Waals surface area contributed by atoms with E-state index in [-0.39, 0.29) is 0 Å². The standard InChI is InChI=1S/C16H18/c1-12-8-9-16-11-14(3)13(2)6-4-5-7-15(16)10-12/h4-6,8-10H,3,7,11H2,1-2H3/b5-4-,13-6-. The minimum absolute atomic E-state index is 0.972. The van der Waals surface area contributed by atoms with Gasteiger partial charge in [0.05, 0.1) is 0 Å². The summed E-state index contributed by atoms with van der Waals surface area (Å²) in [6.07, 6.45) is 8.51. The Morgan fingerprint density at radius 2 is 1.94 bits per heavy atom. The first kappa shape index (κ1) is 10.9. The summed E-state index contributed by atoms with van der Waals surface area (Å²) in [6, 6.07) is 6.71. The van der Waals surface area contributed by atoms with E-state index in [1.165, 1.54) is 27.8 Å². The van der Waals surface area contributed by atoms with Gasteiger partial charge < -0.3 is 0 Å². The molecule has 0 atom stereocenters. The third-order valence-electron chi connectivity index (χ3n) is 3.14. The number of aryl methyl sites for hydroxylation is 1. The Morgan fingerprint density at radius 1 is 1.12 bits per heavy atom. The van der Waals surface area contributed by atoms with Crippen molar-refractivity contribution in [1.29, 1.82) is 0 Å². The number of hydrogen-bond acceptors (Lipinski definition) is 0. The van der Waals surface area contributed by atoms with Gasteiger partial charge in [-0.2, -0.15) is 0 Å². The van der Waals surface area contributed by atoms with Crippen LogP contribution in [0, 0.1) is 6.92 Å². The largest absolute Gasteiger partial charge is 0.0952 e. The van der Waals surface area contributed by atoms with Crippen LogP contribution in [-0.2, 0) is 12.8 Å². The van der Waals surface area contributed by atoms with Crippen molar-refractivity contribution in [3.05, 3.63) is 70.8 Å². The number of hydrogen-bond donors (Lipinski definition) is 0. The molecule has 2 rings (SSSR count). The molecule has 0 heteroatoms. The summed E-state index contributed by atoms with van der Waals surface area (Å²) in [5, 5.41) is 0. The molecule has 0 fully saturated rings. The first-order valence-corrected chi connectivity index (χ1v) is 5.77. The van der Waals surface area contributed by atoms with Crippen LogP contribution in [0.1, 0.15) is 23.6 Å². The van der Waals surface area contributed by atoms with Gasteiger partial charge in [-0.15, -0.1) is 0 Å². The zero-order valence-electron chi connectivity index (χ0n) is 10.1. The van der Waals surface area contributed by atoms with E-state index in [1.807, 2.05) is 0 Å². The van der Waals surface area contributed by atoms with Crippen molar-refractivity contribution < 1.29 is 0 Å². The van der Waals surface area contributed by atoms with Crippen molar-refractivity contribution in [3.63, 3.8) is 0 Å². The lowest BCUT2D eigenvalue weighted by Gasteiger charge is -2.10. The summed E-state index contributed by atoms with van der Waals surface area (Å²) in [7, 11) is 0. The van der Waals surface area contributed by atoms with Crippen LogP contribution in [0.15, 0.2) is 54.2 Å². The molecular weight excluding hydrogens is 192 g/mol.